The molecule has 0 fully saturated rings. The maximum atomic E-state index is 12.7. The number of aromatic nitrogens is 2. The molecule has 0 aliphatic heterocycles. The topological polar surface area (TPSA) is 64.1 Å². The molecule has 156 valence electrons. The number of halogens is 6. The van der Waals surface area contributed by atoms with Gasteiger partial charge in [0.2, 0.25) is 5.88 Å². The standard InChI is InChI=1S/C19H11Cl3F3N3O2/c1-9-6-13(20)15(16(22)27-9)17(29)28-11-2-4-12(5-3-11)30-18-14(21)7-10(8-26-18)19(23,24)25/h2-8H,1H3,(H,28,29). The highest BCUT2D eigenvalue weighted by Crippen LogP contribution is 2.35. The zero-order valence-corrected chi connectivity index (χ0v) is 17.3. The van der Waals surface area contributed by atoms with E-state index in [1.807, 2.05) is 0 Å². The highest BCUT2D eigenvalue weighted by Gasteiger charge is 2.31. The first-order chi connectivity index (χ1) is 14.0. The van der Waals surface area contributed by atoms with Crippen LogP contribution in [-0.2, 0) is 6.18 Å². The molecule has 3 aromatic rings. The fourth-order valence-electron chi connectivity index (χ4n) is 2.37. The molecule has 0 aliphatic rings. The number of pyridine rings is 2. The molecule has 2 heterocycles. The summed E-state index contributed by atoms with van der Waals surface area (Å²) in [6.07, 6.45) is -3.94. The summed E-state index contributed by atoms with van der Waals surface area (Å²) in [6, 6.07) is 8.20. The molecule has 0 bridgehead atoms. The predicted molar refractivity (Wildman–Crippen MR) is 108 cm³/mol. The van der Waals surface area contributed by atoms with Crippen LogP contribution in [0.15, 0.2) is 42.6 Å². The van der Waals surface area contributed by atoms with E-state index in [-0.39, 0.29) is 32.4 Å². The number of anilines is 1. The minimum atomic E-state index is -4.56. The van der Waals surface area contributed by atoms with Crippen molar-refractivity contribution in [3.63, 3.8) is 0 Å². The molecule has 0 aliphatic carbocycles. The van der Waals surface area contributed by atoms with Gasteiger partial charge >= 0.3 is 6.18 Å². The monoisotopic (exact) mass is 475 g/mol. The van der Waals surface area contributed by atoms with Gasteiger partial charge in [0, 0.05) is 17.6 Å². The van der Waals surface area contributed by atoms with Crippen molar-refractivity contribution in [2.75, 3.05) is 5.32 Å². The van der Waals surface area contributed by atoms with Crippen molar-refractivity contribution < 1.29 is 22.7 Å². The minimum Gasteiger partial charge on any atom is -0.438 e. The van der Waals surface area contributed by atoms with Gasteiger partial charge < -0.3 is 10.1 Å². The molecule has 30 heavy (non-hydrogen) atoms. The van der Waals surface area contributed by atoms with Crippen LogP contribution in [0.1, 0.15) is 21.6 Å². The number of nitrogens with zero attached hydrogens (tertiary/aromatic N) is 2. The molecule has 1 amide bonds. The molecular weight excluding hydrogens is 466 g/mol. The number of aryl methyl sites for hydroxylation is 1. The van der Waals surface area contributed by atoms with Crippen molar-refractivity contribution in [3.05, 3.63) is 74.6 Å². The number of ether oxygens (including phenoxy) is 1. The second-order valence-electron chi connectivity index (χ2n) is 6.00. The van der Waals surface area contributed by atoms with Crippen LogP contribution in [0.25, 0.3) is 0 Å². The van der Waals surface area contributed by atoms with Crippen molar-refractivity contribution in [3.8, 4) is 11.6 Å². The lowest BCUT2D eigenvalue weighted by atomic mass is 10.2. The van der Waals surface area contributed by atoms with Crippen LogP contribution in [0, 0.1) is 6.92 Å². The van der Waals surface area contributed by atoms with E-state index >= 15 is 0 Å². The molecular formula is C19H11Cl3F3N3O2. The summed E-state index contributed by atoms with van der Waals surface area (Å²) < 4.78 is 43.4. The maximum Gasteiger partial charge on any atom is 0.417 e. The highest BCUT2D eigenvalue weighted by molar-refractivity contribution is 6.39. The number of benzene rings is 1. The first-order valence-electron chi connectivity index (χ1n) is 8.19. The number of amides is 1. The van der Waals surface area contributed by atoms with Crippen molar-refractivity contribution in [2.24, 2.45) is 0 Å². The fraction of sp³-hybridized carbons (Fsp3) is 0.105. The Labute approximate surface area is 183 Å². The lowest BCUT2D eigenvalue weighted by Crippen LogP contribution is -2.14. The Morgan fingerprint density at radius 2 is 1.73 bits per heavy atom. The third-order valence-corrected chi connectivity index (χ3v) is 4.59. The SMILES string of the molecule is Cc1cc(Cl)c(C(=O)Nc2ccc(Oc3ncc(C(F)(F)F)cc3Cl)cc2)c(Cl)n1. The van der Waals surface area contributed by atoms with Gasteiger partial charge in [-0.25, -0.2) is 9.97 Å². The molecule has 2 aromatic heterocycles. The number of carbonyl (C=O) groups is 1. The molecule has 11 heteroatoms. The molecule has 0 atom stereocenters. The molecule has 3 rings (SSSR count). The lowest BCUT2D eigenvalue weighted by Gasteiger charge is -2.11. The number of alkyl halides is 3. The van der Waals surface area contributed by atoms with Crippen LogP contribution in [0.4, 0.5) is 18.9 Å². The smallest absolute Gasteiger partial charge is 0.417 e. The number of carbonyl (C=O) groups excluding carboxylic acids is 1. The Balaban J connectivity index is 1.72. The summed E-state index contributed by atoms with van der Waals surface area (Å²) in [6.45, 7) is 1.69. The number of hydrogen-bond donors (Lipinski definition) is 1. The van der Waals surface area contributed by atoms with Crippen LogP contribution in [-0.4, -0.2) is 15.9 Å². The minimum absolute atomic E-state index is 0.0273. The summed E-state index contributed by atoms with van der Waals surface area (Å²) in [5.41, 5.74) is 0.0101. The van der Waals surface area contributed by atoms with E-state index in [2.05, 4.69) is 15.3 Å². The zero-order valence-electron chi connectivity index (χ0n) is 15.0. The van der Waals surface area contributed by atoms with Gasteiger partial charge in [-0.15, -0.1) is 0 Å². The predicted octanol–water partition coefficient (Wildman–Crippen LogP) is 6.81. The van der Waals surface area contributed by atoms with Crippen LogP contribution in [0.5, 0.6) is 11.6 Å². The van der Waals surface area contributed by atoms with Crippen LogP contribution < -0.4 is 10.1 Å². The van der Waals surface area contributed by atoms with E-state index in [9.17, 15) is 18.0 Å². The van der Waals surface area contributed by atoms with Crippen LogP contribution >= 0.6 is 34.8 Å². The summed E-state index contributed by atoms with van der Waals surface area (Å²) in [7, 11) is 0. The van der Waals surface area contributed by atoms with Gasteiger partial charge in [-0.1, -0.05) is 34.8 Å². The molecule has 0 radical (unpaired) electrons. The maximum absolute atomic E-state index is 12.7. The average molecular weight is 477 g/mol. The largest absolute Gasteiger partial charge is 0.438 e. The van der Waals surface area contributed by atoms with E-state index in [1.54, 1.807) is 6.92 Å². The van der Waals surface area contributed by atoms with E-state index < -0.39 is 17.6 Å². The van der Waals surface area contributed by atoms with Crippen molar-refractivity contribution in [2.45, 2.75) is 13.1 Å². The summed E-state index contributed by atoms with van der Waals surface area (Å²) in [4.78, 5) is 20.0. The molecule has 0 saturated carbocycles. The zero-order chi connectivity index (χ0) is 22.1. The number of nitrogens with one attached hydrogen (secondary N) is 1. The highest BCUT2D eigenvalue weighted by atomic mass is 35.5. The first-order valence-corrected chi connectivity index (χ1v) is 9.32. The average Bonchev–Trinajstić information content (AvgIpc) is 2.63. The van der Waals surface area contributed by atoms with Gasteiger partial charge in [0.25, 0.3) is 5.91 Å². The Bertz CT molecular complexity index is 1080. The van der Waals surface area contributed by atoms with Crippen LogP contribution in [0.2, 0.25) is 15.2 Å². The fourth-order valence-corrected chi connectivity index (χ4v) is 3.27. The van der Waals surface area contributed by atoms with Crippen molar-refractivity contribution >= 4 is 46.4 Å². The Kier molecular flexibility index (Phi) is 6.40. The van der Waals surface area contributed by atoms with Gasteiger partial charge in [-0.2, -0.15) is 13.2 Å². The van der Waals surface area contributed by atoms with Gasteiger partial charge in [-0.05, 0) is 43.3 Å². The van der Waals surface area contributed by atoms with Crippen molar-refractivity contribution in [1.29, 1.82) is 0 Å². The summed E-state index contributed by atoms with van der Waals surface area (Å²) >= 11 is 17.9. The molecule has 0 unspecified atom stereocenters. The quantitative estimate of drug-likeness (QED) is 0.420. The number of hydrogen-bond acceptors (Lipinski definition) is 4. The van der Waals surface area contributed by atoms with E-state index in [0.717, 1.165) is 6.07 Å². The Morgan fingerprint density at radius 1 is 1.07 bits per heavy atom. The lowest BCUT2D eigenvalue weighted by molar-refractivity contribution is -0.137. The molecule has 0 saturated heterocycles. The van der Waals surface area contributed by atoms with E-state index in [1.165, 1.54) is 30.3 Å². The molecule has 5 nitrogen and oxygen atoms in total. The normalized spacial score (nSPS) is 11.3. The summed E-state index contributed by atoms with van der Waals surface area (Å²) in [5, 5.41) is 2.46. The van der Waals surface area contributed by atoms with E-state index in [4.69, 9.17) is 39.5 Å². The Hall–Kier alpha value is -2.55. The summed E-state index contributed by atoms with van der Waals surface area (Å²) in [5.74, 6) is -0.500. The second-order valence-corrected chi connectivity index (χ2v) is 7.17. The van der Waals surface area contributed by atoms with E-state index in [0.29, 0.717) is 17.6 Å². The van der Waals surface area contributed by atoms with Crippen molar-refractivity contribution in [1.82, 2.24) is 9.97 Å². The molecule has 1 N–H and O–H groups in total. The van der Waals surface area contributed by atoms with Gasteiger partial charge in [0.1, 0.15) is 15.9 Å². The van der Waals surface area contributed by atoms with Gasteiger partial charge in [0.05, 0.1) is 16.1 Å². The second kappa shape index (κ2) is 8.67. The third-order valence-electron chi connectivity index (χ3n) is 3.74. The number of rotatable bonds is 4. The molecule has 0 spiro atoms. The van der Waals surface area contributed by atoms with Gasteiger partial charge in [-0.3, -0.25) is 4.79 Å². The van der Waals surface area contributed by atoms with Crippen LogP contribution in [0.3, 0.4) is 0 Å². The first kappa shape index (κ1) is 22.1. The molecule has 1 aromatic carbocycles. The third kappa shape index (κ3) is 5.13. The Morgan fingerprint density at radius 3 is 2.30 bits per heavy atom. The van der Waals surface area contributed by atoms with Gasteiger partial charge in [0.15, 0.2) is 0 Å².